The second-order valence-electron chi connectivity index (χ2n) is 7.09. The third-order valence-electron chi connectivity index (χ3n) is 4.97. The maximum atomic E-state index is 13.2. The molecule has 1 aliphatic rings. The molecule has 0 spiro atoms. The number of carbonyl (C=O) groups excluding carboxylic acids is 2. The number of hydrogen-bond acceptors (Lipinski definition) is 5. The molecule has 154 valence electrons. The van der Waals surface area contributed by atoms with E-state index in [2.05, 4.69) is 0 Å². The zero-order chi connectivity index (χ0) is 21.1. The largest absolute Gasteiger partial charge is 0.426 e. The summed E-state index contributed by atoms with van der Waals surface area (Å²) in [6, 6.07) is 9.40. The van der Waals surface area contributed by atoms with Gasteiger partial charge >= 0.3 is 5.97 Å². The van der Waals surface area contributed by atoms with Crippen molar-refractivity contribution in [2.45, 2.75) is 39.2 Å². The van der Waals surface area contributed by atoms with Gasteiger partial charge in [-0.2, -0.15) is 0 Å². The van der Waals surface area contributed by atoms with Gasteiger partial charge in [-0.1, -0.05) is 43.4 Å². The van der Waals surface area contributed by atoms with Gasteiger partial charge in [0.05, 0.1) is 11.8 Å². The third kappa shape index (κ3) is 4.29. The van der Waals surface area contributed by atoms with Crippen LogP contribution in [0.25, 0.3) is 10.8 Å². The van der Waals surface area contributed by atoms with Crippen molar-refractivity contribution in [2.24, 2.45) is 0 Å². The topological polar surface area (TPSA) is 55.8 Å². The van der Waals surface area contributed by atoms with Crippen LogP contribution in [0.4, 0.5) is 5.69 Å². The van der Waals surface area contributed by atoms with E-state index in [4.69, 9.17) is 33.3 Å². The fraction of sp³-hybridized carbons (Fsp3) is 0.409. The number of benzene rings is 2. The second kappa shape index (κ2) is 9.20. The van der Waals surface area contributed by atoms with Crippen LogP contribution in [0.15, 0.2) is 30.3 Å². The summed E-state index contributed by atoms with van der Waals surface area (Å²) in [5.74, 6) is 0.0450. The molecule has 5 nitrogen and oxygen atoms in total. The monoisotopic (exact) mass is 433 g/mol. The van der Waals surface area contributed by atoms with Gasteiger partial charge in [0.25, 0.3) is 5.91 Å². The van der Waals surface area contributed by atoms with Crippen molar-refractivity contribution in [2.75, 3.05) is 23.9 Å². The van der Waals surface area contributed by atoms with Gasteiger partial charge in [-0.15, -0.1) is 11.6 Å². The number of carbonyl (C=O) groups is 2. The lowest BCUT2D eigenvalue weighted by atomic mass is 9.95. The average molecular weight is 434 g/mol. The molecule has 2 atom stereocenters. The first-order valence-corrected chi connectivity index (χ1v) is 10.6. The fourth-order valence-electron chi connectivity index (χ4n) is 3.65. The number of hydrogen-bond donors (Lipinski definition) is 0. The van der Waals surface area contributed by atoms with Crippen molar-refractivity contribution in [3.63, 3.8) is 0 Å². The van der Waals surface area contributed by atoms with E-state index in [0.29, 0.717) is 30.5 Å². The summed E-state index contributed by atoms with van der Waals surface area (Å²) in [7, 11) is 0. The number of rotatable bonds is 7. The first kappa shape index (κ1) is 21.7. The highest BCUT2D eigenvalue weighted by Crippen LogP contribution is 2.45. The Morgan fingerprint density at radius 3 is 2.62 bits per heavy atom. The van der Waals surface area contributed by atoms with E-state index in [1.165, 1.54) is 6.92 Å². The van der Waals surface area contributed by atoms with Crippen LogP contribution in [-0.4, -0.2) is 41.9 Å². The van der Waals surface area contributed by atoms with Gasteiger partial charge < -0.3 is 14.4 Å². The summed E-state index contributed by atoms with van der Waals surface area (Å²) in [6.45, 7) is 6.11. The van der Waals surface area contributed by atoms with Crippen LogP contribution in [0, 0.1) is 0 Å². The molecule has 0 saturated heterocycles. The van der Waals surface area contributed by atoms with Gasteiger partial charge in [-0.3, -0.25) is 9.59 Å². The summed E-state index contributed by atoms with van der Waals surface area (Å²) < 4.78 is 11.1. The third-order valence-corrected chi connectivity index (χ3v) is 5.84. The van der Waals surface area contributed by atoms with Crippen LogP contribution in [-0.2, 0) is 14.3 Å². The molecule has 0 fully saturated rings. The van der Waals surface area contributed by atoms with Crippen LogP contribution < -0.4 is 9.64 Å². The minimum absolute atomic E-state index is 0.0402. The van der Waals surface area contributed by atoms with E-state index in [1.807, 2.05) is 31.2 Å². The molecule has 0 aliphatic carbocycles. The van der Waals surface area contributed by atoms with Crippen molar-refractivity contribution >= 4 is 57.0 Å². The zero-order valence-corrected chi connectivity index (χ0v) is 18.3. The molecule has 1 aliphatic heterocycles. The number of fused-ring (bicyclic) bond motifs is 3. The Hall–Kier alpha value is -2.02. The lowest BCUT2D eigenvalue weighted by Gasteiger charge is -2.22. The molecule has 1 heterocycles. The second-order valence-corrected chi connectivity index (χ2v) is 7.84. The number of esters is 1. The lowest BCUT2D eigenvalue weighted by molar-refractivity contribution is -0.131. The highest BCUT2D eigenvalue weighted by Gasteiger charge is 2.36. The van der Waals surface area contributed by atoms with Crippen LogP contribution in [0.2, 0.25) is 0 Å². The van der Waals surface area contributed by atoms with Crippen molar-refractivity contribution in [3.8, 4) is 5.75 Å². The van der Waals surface area contributed by atoms with E-state index < -0.39 is 12.1 Å². The first-order chi connectivity index (χ1) is 13.9. The molecule has 1 amide bonds. The number of ether oxygens (including phenoxy) is 2. The van der Waals surface area contributed by atoms with Gasteiger partial charge in [0.15, 0.2) is 0 Å². The molecule has 0 N–H and O–H groups in total. The highest BCUT2D eigenvalue weighted by atomic mass is 35.5. The van der Waals surface area contributed by atoms with E-state index in [0.717, 1.165) is 22.8 Å². The molecule has 2 unspecified atom stereocenters. The first-order valence-electron chi connectivity index (χ1n) is 9.66. The molecule has 3 rings (SSSR count). The normalized spacial score (nSPS) is 16.6. The SMILES string of the molecule is CCCOC(C)C(=S)C(=O)N1CC(CCl)c2c1cc(OC(C)=O)c1ccccc21. The number of thiocarbonyl (C=S) groups is 1. The minimum atomic E-state index is -0.454. The molecular formula is C22H24ClNO4S. The Balaban J connectivity index is 2.07. The zero-order valence-electron chi connectivity index (χ0n) is 16.7. The van der Waals surface area contributed by atoms with Crippen LogP contribution in [0.5, 0.6) is 5.75 Å². The molecule has 0 aromatic heterocycles. The molecule has 7 heteroatoms. The van der Waals surface area contributed by atoms with E-state index in [9.17, 15) is 9.59 Å². The van der Waals surface area contributed by atoms with Gasteiger partial charge in [-0.25, -0.2) is 0 Å². The van der Waals surface area contributed by atoms with Crippen molar-refractivity contribution in [3.05, 3.63) is 35.9 Å². The summed E-state index contributed by atoms with van der Waals surface area (Å²) in [6.07, 6.45) is 0.393. The van der Waals surface area contributed by atoms with E-state index in [-0.39, 0.29) is 16.7 Å². The smallest absolute Gasteiger partial charge is 0.308 e. The number of amides is 1. The summed E-state index contributed by atoms with van der Waals surface area (Å²) in [5.41, 5.74) is 1.66. The van der Waals surface area contributed by atoms with Crippen LogP contribution >= 0.6 is 23.8 Å². The Morgan fingerprint density at radius 2 is 2.00 bits per heavy atom. The Bertz CT molecular complexity index is 961. The Kier molecular flexibility index (Phi) is 6.88. The maximum absolute atomic E-state index is 13.2. The standard InChI is InChI=1S/C22H24ClNO4S/c1-4-9-27-13(2)21(29)22(26)24-12-15(11-23)20-17-8-6-5-7-16(17)19(10-18(20)24)28-14(3)25/h5-8,10,13,15H,4,9,11-12H2,1-3H3. The maximum Gasteiger partial charge on any atom is 0.308 e. The number of halogens is 1. The average Bonchev–Trinajstić information content (AvgIpc) is 3.09. The van der Waals surface area contributed by atoms with Crippen molar-refractivity contribution in [1.29, 1.82) is 0 Å². The highest BCUT2D eigenvalue weighted by molar-refractivity contribution is 7.82. The summed E-state index contributed by atoms with van der Waals surface area (Å²) in [5, 5.41) is 1.73. The van der Waals surface area contributed by atoms with Gasteiger partial charge in [-0.05, 0) is 24.3 Å². The molecule has 29 heavy (non-hydrogen) atoms. The van der Waals surface area contributed by atoms with E-state index >= 15 is 0 Å². The summed E-state index contributed by atoms with van der Waals surface area (Å²) >= 11 is 11.7. The van der Waals surface area contributed by atoms with Crippen LogP contribution in [0.3, 0.4) is 0 Å². The van der Waals surface area contributed by atoms with Gasteiger partial charge in [0, 0.05) is 43.3 Å². The summed E-state index contributed by atoms with van der Waals surface area (Å²) in [4.78, 5) is 26.7. The molecular weight excluding hydrogens is 410 g/mol. The van der Waals surface area contributed by atoms with Gasteiger partial charge in [0.1, 0.15) is 10.6 Å². The molecule has 0 saturated carbocycles. The predicted molar refractivity (Wildman–Crippen MR) is 119 cm³/mol. The lowest BCUT2D eigenvalue weighted by Crippen LogP contribution is -2.40. The molecule has 0 radical (unpaired) electrons. The minimum Gasteiger partial charge on any atom is -0.426 e. The predicted octanol–water partition coefficient (Wildman–Crippen LogP) is 4.62. The van der Waals surface area contributed by atoms with Crippen molar-refractivity contribution < 1.29 is 19.1 Å². The number of alkyl halides is 1. The molecule has 2 aromatic carbocycles. The Labute approximate surface area is 180 Å². The molecule has 2 aromatic rings. The quantitative estimate of drug-likeness (QED) is 0.276. The van der Waals surface area contributed by atoms with Crippen molar-refractivity contribution in [1.82, 2.24) is 0 Å². The number of anilines is 1. The van der Waals surface area contributed by atoms with Crippen LogP contribution in [0.1, 0.15) is 38.7 Å². The number of nitrogens with zero attached hydrogens (tertiary/aromatic N) is 1. The Morgan fingerprint density at radius 1 is 1.31 bits per heavy atom. The van der Waals surface area contributed by atoms with Gasteiger partial charge in [0.2, 0.25) is 0 Å². The molecule has 0 bridgehead atoms. The van der Waals surface area contributed by atoms with E-state index in [1.54, 1.807) is 17.9 Å². The fourth-order valence-corrected chi connectivity index (χ4v) is 4.08.